The third-order valence-electron chi connectivity index (χ3n) is 3.54. The van der Waals surface area contributed by atoms with E-state index in [4.69, 9.17) is 0 Å². The van der Waals surface area contributed by atoms with E-state index in [0.717, 1.165) is 32.4 Å². The van der Waals surface area contributed by atoms with Gasteiger partial charge in [0.15, 0.2) is 0 Å². The topological polar surface area (TPSA) is 49.4 Å². The Bertz CT molecular complexity index is 511. The van der Waals surface area contributed by atoms with E-state index >= 15 is 0 Å². The van der Waals surface area contributed by atoms with Gasteiger partial charge in [0.2, 0.25) is 5.91 Å². The molecule has 108 valence electrons. The van der Waals surface area contributed by atoms with Gasteiger partial charge >= 0.3 is 0 Å². The van der Waals surface area contributed by atoms with Crippen molar-refractivity contribution >= 4 is 11.8 Å². The van der Waals surface area contributed by atoms with E-state index in [2.05, 4.69) is 5.32 Å². The lowest BCUT2D eigenvalue weighted by Gasteiger charge is -2.26. The van der Waals surface area contributed by atoms with E-state index in [9.17, 15) is 14.0 Å². The van der Waals surface area contributed by atoms with Gasteiger partial charge in [-0.3, -0.25) is 9.59 Å². The number of piperidine rings is 1. The van der Waals surface area contributed by atoms with E-state index < -0.39 is 0 Å². The summed E-state index contributed by atoms with van der Waals surface area (Å²) < 4.78 is 13.0. The highest BCUT2D eigenvalue weighted by atomic mass is 19.1. The van der Waals surface area contributed by atoms with E-state index in [1.165, 1.54) is 18.2 Å². The fraction of sp³-hybridized carbons (Fsp3) is 0.467. The van der Waals surface area contributed by atoms with E-state index in [-0.39, 0.29) is 24.2 Å². The number of amides is 2. The van der Waals surface area contributed by atoms with Crippen LogP contribution in [-0.4, -0.2) is 36.3 Å². The molecule has 1 aliphatic heterocycles. The smallest absolute Gasteiger partial charge is 0.251 e. The van der Waals surface area contributed by atoms with Crippen molar-refractivity contribution in [1.82, 2.24) is 10.2 Å². The van der Waals surface area contributed by atoms with Crippen molar-refractivity contribution in [2.45, 2.75) is 26.2 Å². The molecule has 2 amide bonds. The quantitative estimate of drug-likeness (QED) is 0.917. The number of rotatable bonds is 3. The zero-order chi connectivity index (χ0) is 14.5. The summed E-state index contributed by atoms with van der Waals surface area (Å²) in [6.07, 6.45) is 3.21. The Kier molecular flexibility index (Phi) is 4.71. The number of halogens is 1. The summed E-state index contributed by atoms with van der Waals surface area (Å²) in [6, 6.07) is 3.99. The standard InChI is InChI=1S/C15H19FN2O2/c1-11-9-12(16)5-6-13(11)15(20)17-10-14(19)18-7-3-2-4-8-18/h5-6,9H,2-4,7-8,10H2,1H3,(H,17,20). The summed E-state index contributed by atoms with van der Waals surface area (Å²) in [7, 11) is 0. The van der Waals surface area contributed by atoms with Gasteiger partial charge in [-0.05, 0) is 49.9 Å². The average molecular weight is 278 g/mol. The van der Waals surface area contributed by atoms with Gasteiger partial charge in [-0.2, -0.15) is 0 Å². The highest BCUT2D eigenvalue weighted by molar-refractivity contribution is 5.97. The number of hydrogen-bond donors (Lipinski definition) is 1. The zero-order valence-electron chi connectivity index (χ0n) is 11.6. The molecule has 1 aromatic rings. The molecule has 1 heterocycles. The predicted molar refractivity (Wildman–Crippen MR) is 73.9 cm³/mol. The minimum absolute atomic E-state index is 0.00432. The molecule has 1 N–H and O–H groups in total. The summed E-state index contributed by atoms with van der Waals surface area (Å²) in [5.74, 6) is -0.769. The number of likely N-dealkylation sites (tertiary alicyclic amines) is 1. The van der Waals surface area contributed by atoms with Crippen LogP contribution in [0, 0.1) is 12.7 Å². The Labute approximate surface area is 118 Å². The number of hydrogen-bond acceptors (Lipinski definition) is 2. The Balaban J connectivity index is 1.89. The van der Waals surface area contributed by atoms with Crippen LogP contribution in [0.3, 0.4) is 0 Å². The van der Waals surface area contributed by atoms with E-state index in [1.807, 2.05) is 0 Å². The van der Waals surface area contributed by atoms with Crippen LogP contribution in [0.4, 0.5) is 4.39 Å². The third kappa shape index (κ3) is 3.56. The normalized spacial score (nSPS) is 15.0. The number of aryl methyl sites for hydroxylation is 1. The fourth-order valence-corrected chi connectivity index (χ4v) is 2.39. The first-order valence-corrected chi connectivity index (χ1v) is 6.90. The molecular formula is C15H19FN2O2. The van der Waals surface area contributed by atoms with Crippen LogP contribution in [0.1, 0.15) is 35.2 Å². The van der Waals surface area contributed by atoms with Crippen LogP contribution in [0.5, 0.6) is 0 Å². The number of carbonyl (C=O) groups excluding carboxylic acids is 2. The van der Waals surface area contributed by atoms with Crippen molar-refractivity contribution in [3.8, 4) is 0 Å². The molecule has 20 heavy (non-hydrogen) atoms. The molecule has 0 aromatic heterocycles. The molecule has 0 radical (unpaired) electrons. The SMILES string of the molecule is Cc1cc(F)ccc1C(=O)NCC(=O)N1CCCCC1. The predicted octanol–water partition coefficient (Wildman–Crippen LogP) is 1.88. The van der Waals surface area contributed by atoms with Gasteiger partial charge in [-0.25, -0.2) is 4.39 Å². The summed E-state index contributed by atoms with van der Waals surface area (Å²) in [5, 5.41) is 2.60. The first-order valence-electron chi connectivity index (χ1n) is 6.90. The lowest BCUT2D eigenvalue weighted by Crippen LogP contribution is -2.42. The van der Waals surface area contributed by atoms with Crippen LogP contribution < -0.4 is 5.32 Å². The molecule has 0 unspecified atom stereocenters. The number of carbonyl (C=O) groups is 2. The third-order valence-corrected chi connectivity index (χ3v) is 3.54. The van der Waals surface area contributed by atoms with Gasteiger partial charge in [0.05, 0.1) is 6.54 Å². The van der Waals surface area contributed by atoms with Gasteiger partial charge in [-0.15, -0.1) is 0 Å². The molecule has 0 spiro atoms. The second kappa shape index (κ2) is 6.50. The van der Waals surface area contributed by atoms with Gasteiger partial charge in [0.1, 0.15) is 5.82 Å². The van der Waals surface area contributed by atoms with Crippen LogP contribution >= 0.6 is 0 Å². The number of nitrogens with zero attached hydrogens (tertiary/aromatic N) is 1. The van der Waals surface area contributed by atoms with Crippen molar-refractivity contribution in [3.63, 3.8) is 0 Å². The summed E-state index contributed by atoms with van der Waals surface area (Å²) >= 11 is 0. The van der Waals surface area contributed by atoms with Crippen molar-refractivity contribution < 1.29 is 14.0 Å². The maximum absolute atomic E-state index is 13.0. The molecule has 1 aliphatic rings. The van der Waals surface area contributed by atoms with Gasteiger partial charge < -0.3 is 10.2 Å². The molecule has 0 bridgehead atoms. The Hall–Kier alpha value is -1.91. The zero-order valence-corrected chi connectivity index (χ0v) is 11.6. The summed E-state index contributed by atoms with van der Waals surface area (Å²) in [5.41, 5.74) is 0.964. The largest absolute Gasteiger partial charge is 0.343 e. The molecule has 1 fully saturated rings. The van der Waals surface area contributed by atoms with Crippen LogP contribution in [0.2, 0.25) is 0 Å². The molecule has 4 nitrogen and oxygen atoms in total. The van der Waals surface area contributed by atoms with Crippen LogP contribution in [0.15, 0.2) is 18.2 Å². The van der Waals surface area contributed by atoms with Gasteiger partial charge in [0, 0.05) is 18.7 Å². The lowest BCUT2D eigenvalue weighted by molar-refractivity contribution is -0.130. The molecule has 0 saturated carbocycles. The Morgan fingerprint density at radius 3 is 2.60 bits per heavy atom. The second-order valence-corrected chi connectivity index (χ2v) is 5.08. The summed E-state index contributed by atoms with van der Waals surface area (Å²) in [4.78, 5) is 25.7. The minimum Gasteiger partial charge on any atom is -0.343 e. The summed E-state index contributed by atoms with van der Waals surface area (Å²) in [6.45, 7) is 3.20. The molecular weight excluding hydrogens is 259 g/mol. The highest BCUT2D eigenvalue weighted by Gasteiger charge is 2.17. The molecule has 0 atom stereocenters. The second-order valence-electron chi connectivity index (χ2n) is 5.08. The highest BCUT2D eigenvalue weighted by Crippen LogP contribution is 2.10. The number of nitrogens with one attached hydrogen (secondary N) is 1. The first kappa shape index (κ1) is 14.5. The molecule has 2 rings (SSSR count). The van der Waals surface area contributed by atoms with Crippen molar-refractivity contribution in [3.05, 3.63) is 35.1 Å². The van der Waals surface area contributed by atoms with E-state index in [0.29, 0.717) is 11.1 Å². The maximum Gasteiger partial charge on any atom is 0.251 e. The van der Waals surface area contributed by atoms with Crippen molar-refractivity contribution in [1.29, 1.82) is 0 Å². The van der Waals surface area contributed by atoms with Gasteiger partial charge in [0.25, 0.3) is 5.91 Å². The van der Waals surface area contributed by atoms with Crippen LogP contribution in [0.25, 0.3) is 0 Å². The van der Waals surface area contributed by atoms with Crippen molar-refractivity contribution in [2.24, 2.45) is 0 Å². The molecule has 0 aliphatic carbocycles. The first-order chi connectivity index (χ1) is 9.58. The van der Waals surface area contributed by atoms with Gasteiger partial charge in [-0.1, -0.05) is 0 Å². The molecule has 5 heteroatoms. The number of benzene rings is 1. The monoisotopic (exact) mass is 278 g/mol. The Morgan fingerprint density at radius 2 is 1.95 bits per heavy atom. The minimum atomic E-state index is -0.372. The molecule has 1 aromatic carbocycles. The maximum atomic E-state index is 13.0. The fourth-order valence-electron chi connectivity index (χ4n) is 2.39. The van der Waals surface area contributed by atoms with Crippen LogP contribution in [-0.2, 0) is 4.79 Å². The van der Waals surface area contributed by atoms with Crippen molar-refractivity contribution in [2.75, 3.05) is 19.6 Å². The van der Waals surface area contributed by atoms with E-state index in [1.54, 1.807) is 11.8 Å². The average Bonchev–Trinajstić information content (AvgIpc) is 2.45. The molecule has 1 saturated heterocycles. The Morgan fingerprint density at radius 1 is 1.25 bits per heavy atom. The lowest BCUT2D eigenvalue weighted by atomic mass is 10.1.